The number of hydrogen-bond donors (Lipinski definition) is 1. The SMILES string of the molecule is CCCNC1CC(C)CC(C)C1Sc1nnc(C)s1. The van der Waals surface area contributed by atoms with E-state index in [0.29, 0.717) is 11.3 Å². The van der Waals surface area contributed by atoms with Gasteiger partial charge in [-0.15, -0.1) is 10.2 Å². The summed E-state index contributed by atoms with van der Waals surface area (Å²) in [4.78, 5) is 0. The molecular weight excluding hydrogens is 274 g/mol. The van der Waals surface area contributed by atoms with Gasteiger partial charge in [0.1, 0.15) is 5.01 Å². The monoisotopic (exact) mass is 299 g/mol. The van der Waals surface area contributed by atoms with Crippen LogP contribution in [-0.4, -0.2) is 28.0 Å². The highest BCUT2D eigenvalue weighted by Gasteiger charge is 2.34. The molecule has 1 N–H and O–H groups in total. The summed E-state index contributed by atoms with van der Waals surface area (Å²) in [6.07, 6.45) is 3.83. The molecule has 5 heteroatoms. The summed E-state index contributed by atoms with van der Waals surface area (Å²) in [5.41, 5.74) is 0. The molecule has 1 aliphatic carbocycles. The van der Waals surface area contributed by atoms with Gasteiger partial charge in [0.2, 0.25) is 0 Å². The second-order valence-corrected chi connectivity index (χ2v) is 8.39. The van der Waals surface area contributed by atoms with Crippen LogP contribution in [0.1, 0.15) is 45.0 Å². The van der Waals surface area contributed by atoms with Crippen LogP contribution in [0.5, 0.6) is 0 Å². The molecule has 1 aromatic rings. The number of aryl methyl sites for hydroxylation is 1. The summed E-state index contributed by atoms with van der Waals surface area (Å²) in [6, 6.07) is 0.618. The Hall–Kier alpha value is -0.130. The van der Waals surface area contributed by atoms with Crippen LogP contribution >= 0.6 is 23.1 Å². The van der Waals surface area contributed by atoms with Gasteiger partial charge in [0, 0.05) is 11.3 Å². The van der Waals surface area contributed by atoms with Crippen LogP contribution in [0.2, 0.25) is 0 Å². The maximum Gasteiger partial charge on any atom is 0.174 e. The van der Waals surface area contributed by atoms with Gasteiger partial charge in [0.25, 0.3) is 0 Å². The van der Waals surface area contributed by atoms with Gasteiger partial charge in [-0.3, -0.25) is 0 Å². The van der Waals surface area contributed by atoms with Gasteiger partial charge in [-0.05, 0) is 44.6 Å². The highest BCUT2D eigenvalue weighted by Crippen LogP contribution is 2.40. The van der Waals surface area contributed by atoms with Gasteiger partial charge < -0.3 is 5.32 Å². The van der Waals surface area contributed by atoms with Crippen LogP contribution in [-0.2, 0) is 0 Å². The Morgan fingerprint density at radius 3 is 2.74 bits per heavy atom. The number of nitrogens with one attached hydrogen (secondary N) is 1. The fraction of sp³-hybridized carbons (Fsp3) is 0.857. The zero-order chi connectivity index (χ0) is 13.8. The molecule has 4 unspecified atom stereocenters. The van der Waals surface area contributed by atoms with E-state index in [1.54, 1.807) is 11.3 Å². The van der Waals surface area contributed by atoms with Gasteiger partial charge in [-0.2, -0.15) is 0 Å². The van der Waals surface area contributed by atoms with E-state index in [1.807, 2.05) is 18.7 Å². The molecule has 0 amide bonds. The van der Waals surface area contributed by atoms with Crippen molar-refractivity contribution in [1.82, 2.24) is 15.5 Å². The first-order chi connectivity index (χ1) is 9.10. The highest BCUT2D eigenvalue weighted by atomic mass is 32.2. The molecule has 4 atom stereocenters. The molecule has 0 aliphatic heterocycles. The molecule has 0 radical (unpaired) electrons. The zero-order valence-electron chi connectivity index (χ0n) is 12.3. The Labute approximate surface area is 125 Å². The first kappa shape index (κ1) is 15.3. The lowest BCUT2D eigenvalue weighted by molar-refractivity contribution is 0.249. The van der Waals surface area contributed by atoms with E-state index in [9.17, 15) is 0 Å². The van der Waals surface area contributed by atoms with Crippen LogP contribution in [0.15, 0.2) is 4.34 Å². The predicted octanol–water partition coefficient (Wildman–Crippen LogP) is 3.74. The van der Waals surface area contributed by atoms with Gasteiger partial charge in [0.05, 0.1) is 0 Å². The Kier molecular flexibility index (Phi) is 5.66. The molecule has 1 aromatic heterocycles. The van der Waals surface area contributed by atoms with Crippen molar-refractivity contribution in [2.75, 3.05) is 6.54 Å². The maximum absolute atomic E-state index is 4.28. The molecule has 1 aliphatic rings. The van der Waals surface area contributed by atoms with Gasteiger partial charge >= 0.3 is 0 Å². The highest BCUT2D eigenvalue weighted by molar-refractivity contribution is 8.01. The van der Waals surface area contributed by atoms with Gasteiger partial charge in [-0.25, -0.2) is 0 Å². The average Bonchev–Trinajstić information content (AvgIpc) is 2.76. The number of rotatable bonds is 5. The van der Waals surface area contributed by atoms with Crippen molar-refractivity contribution in [2.24, 2.45) is 11.8 Å². The minimum atomic E-state index is 0.618. The van der Waals surface area contributed by atoms with Crippen LogP contribution < -0.4 is 5.32 Å². The van der Waals surface area contributed by atoms with E-state index in [2.05, 4.69) is 36.3 Å². The first-order valence-electron chi connectivity index (χ1n) is 7.30. The summed E-state index contributed by atoms with van der Waals surface area (Å²) in [6.45, 7) is 10.2. The molecule has 0 spiro atoms. The molecule has 0 saturated heterocycles. The van der Waals surface area contributed by atoms with E-state index in [4.69, 9.17) is 0 Å². The summed E-state index contributed by atoms with van der Waals surface area (Å²) in [5, 5.41) is 13.9. The molecule has 1 heterocycles. The van der Waals surface area contributed by atoms with Crippen molar-refractivity contribution in [1.29, 1.82) is 0 Å². The molecule has 108 valence electrons. The van der Waals surface area contributed by atoms with Crippen molar-refractivity contribution in [3.63, 3.8) is 0 Å². The number of nitrogens with zero attached hydrogens (tertiary/aromatic N) is 2. The van der Waals surface area contributed by atoms with E-state index < -0.39 is 0 Å². The van der Waals surface area contributed by atoms with Crippen molar-refractivity contribution >= 4 is 23.1 Å². The van der Waals surface area contributed by atoms with Gasteiger partial charge in [0.15, 0.2) is 4.34 Å². The third-order valence-corrected chi connectivity index (χ3v) is 6.31. The molecule has 1 fully saturated rings. The fourth-order valence-corrected chi connectivity index (χ4v) is 5.34. The van der Waals surface area contributed by atoms with Gasteiger partial charge in [-0.1, -0.05) is 43.9 Å². The lowest BCUT2D eigenvalue weighted by atomic mass is 9.80. The molecule has 2 rings (SSSR count). The summed E-state index contributed by atoms with van der Waals surface area (Å²) in [5.74, 6) is 1.57. The standard InChI is InChI=1S/C14H25N3S2/c1-5-6-15-12-8-9(2)7-10(3)13(12)19-14-17-16-11(4)18-14/h9-10,12-13,15H,5-8H2,1-4H3. The lowest BCUT2D eigenvalue weighted by Gasteiger charge is -2.39. The largest absolute Gasteiger partial charge is 0.313 e. The van der Waals surface area contributed by atoms with E-state index in [0.717, 1.165) is 27.7 Å². The van der Waals surface area contributed by atoms with Crippen LogP contribution in [0.25, 0.3) is 0 Å². The van der Waals surface area contributed by atoms with E-state index in [1.165, 1.54) is 19.3 Å². The lowest BCUT2D eigenvalue weighted by Crippen LogP contribution is -2.46. The quantitative estimate of drug-likeness (QED) is 0.899. The molecule has 3 nitrogen and oxygen atoms in total. The minimum Gasteiger partial charge on any atom is -0.313 e. The van der Waals surface area contributed by atoms with Crippen LogP contribution in [0, 0.1) is 18.8 Å². The fourth-order valence-electron chi connectivity index (χ4n) is 3.00. The molecular formula is C14H25N3S2. The minimum absolute atomic E-state index is 0.618. The molecule has 19 heavy (non-hydrogen) atoms. The van der Waals surface area contributed by atoms with Crippen molar-refractivity contribution < 1.29 is 0 Å². The van der Waals surface area contributed by atoms with Crippen molar-refractivity contribution in [3.8, 4) is 0 Å². The number of hydrogen-bond acceptors (Lipinski definition) is 5. The number of thioether (sulfide) groups is 1. The third-order valence-electron chi connectivity index (χ3n) is 3.79. The summed E-state index contributed by atoms with van der Waals surface area (Å²) in [7, 11) is 0. The summed E-state index contributed by atoms with van der Waals surface area (Å²) >= 11 is 3.66. The topological polar surface area (TPSA) is 37.8 Å². The zero-order valence-corrected chi connectivity index (χ0v) is 14.0. The van der Waals surface area contributed by atoms with Crippen molar-refractivity contribution in [3.05, 3.63) is 5.01 Å². The Balaban J connectivity index is 2.04. The second-order valence-electron chi connectivity index (χ2n) is 5.78. The van der Waals surface area contributed by atoms with E-state index in [-0.39, 0.29) is 0 Å². The molecule has 1 saturated carbocycles. The summed E-state index contributed by atoms with van der Waals surface area (Å²) < 4.78 is 1.13. The number of aromatic nitrogens is 2. The van der Waals surface area contributed by atoms with Crippen molar-refractivity contribution in [2.45, 2.75) is 62.6 Å². The third kappa shape index (κ3) is 4.17. The average molecular weight is 300 g/mol. The smallest absolute Gasteiger partial charge is 0.174 e. The molecule has 0 aromatic carbocycles. The maximum atomic E-state index is 4.28. The Morgan fingerprint density at radius 2 is 2.11 bits per heavy atom. The first-order valence-corrected chi connectivity index (χ1v) is 9.00. The van der Waals surface area contributed by atoms with E-state index >= 15 is 0 Å². The Bertz CT molecular complexity index is 394. The predicted molar refractivity (Wildman–Crippen MR) is 83.9 cm³/mol. The normalized spacial score (nSPS) is 31.6. The molecule has 0 bridgehead atoms. The Morgan fingerprint density at radius 1 is 1.32 bits per heavy atom. The second kappa shape index (κ2) is 7.04. The van der Waals surface area contributed by atoms with Crippen LogP contribution in [0.3, 0.4) is 0 Å². The van der Waals surface area contributed by atoms with Crippen LogP contribution in [0.4, 0.5) is 0 Å².